The van der Waals surface area contributed by atoms with Gasteiger partial charge in [0.05, 0.1) is 0 Å². The smallest absolute Gasteiger partial charge is 0.0254 e. The molecule has 0 heteroatoms. The molecule has 0 amide bonds. The van der Waals surface area contributed by atoms with Crippen LogP contribution in [0.15, 0.2) is 11.6 Å². The zero-order valence-electron chi connectivity index (χ0n) is 7.69. The van der Waals surface area contributed by atoms with E-state index in [2.05, 4.69) is 19.9 Å². The highest BCUT2D eigenvalue weighted by Gasteiger charge is 2.33. The lowest BCUT2D eigenvalue weighted by molar-refractivity contribution is 0.197. The standard InChI is InChI=1S/C11H18/c1-9-6-10-4-3-5-11(2,7-9)8-10/h6,9H,3-5,7-8H2,1-2H3. The quantitative estimate of drug-likeness (QED) is 0.463. The Labute approximate surface area is 69.7 Å². The highest BCUT2D eigenvalue weighted by molar-refractivity contribution is 5.14. The molecule has 1 fully saturated rings. The zero-order chi connectivity index (χ0) is 7.90. The zero-order valence-corrected chi connectivity index (χ0v) is 7.69. The average molecular weight is 150 g/mol. The summed E-state index contributed by atoms with van der Waals surface area (Å²) in [4.78, 5) is 0. The van der Waals surface area contributed by atoms with Gasteiger partial charge in [0, 0.05) is 0 Å². The molecule has 0 aromatic heterocycles. The van der Waals surface area contributed by atoms with Crippen LogP contribution in [0.3, 0.4) is 0 Å². The molecule has 1 saturated carbocycles. The molecule has 0 radical (unpaired) electrons. The van der Waals surface area contributed by atoms with Crippen molar-refractivity contribution in [2.75, 3.05) is 0 Å². The molecule has 0 aromatic rings. The summed E-state index contributed by atoms with van der Waals surface area (Å²) >= 11 is 0. The van der Waals surface area contributed by atoms with Crippen molar-refractivity contribution in [1.29, 1.82) is 0 Å². The van der Waals surface area contributed by atoms with Gasteiger partial charge in [-0.15, -0.1) is 0 Å². The second-order valence-corrected chi connectivity index (χ2v) is 4.85. The van der Waals surface area contributed by atoms with Gasteiger partial charge in [-0.25, -0.2) is 0 Å². The number of allylic oxidation sites excluding steroid dienone is 2. The molecule has 2 bridgehead atoms. The summed E-state index contributed by atoms with van der Waals surface area (Å²) < 4.78 is 0. The molecule has 11 heavy (non-hydrogen) atoms. The van der Waals surface area contributed by atoms with E-state index < -0.39 is 0 Å². The minimum Gasteiger partial charge on any atom is -0.0824 e. The van der Waals surface area contributed by atoms with E-state index in [9.17, 15) is 0 Å². The van der Waals surface area contributed by atoms with Crippen molar-refractivity contribution in [2.45, 2.75) is 46.0 Å². The third kappa shape index (κ3) is 1.36. The maximum Gasteiger partial charge on any atom is -0.0254 e. The molecular formula is C11H18. The Balaban J connectivity index is 2.24. The first-order valence-corrected chi connectivity index (χ1v) is 4.88. The number of hydrogen-bond acceptors (Lipinski definition) is 0. The van der Waals surface area contributed by atoms with Gasteiger partial charge >= 0.3 is 0 Å². The summed E-state index contributed by atoms with van der Waals surface area (Å²) in [5, 5.41) is 0. The molecule has 2 rings (SSSR count). The largest absolute Gasteiger partial charge is 0.0824 e. The molecule has 2 atom stereocenters. The molecule has 0 aromatic carbocycles. The SMILES string of the molecule is CC1C=C2CCCC(C)(C2)C1. The minimum absolute atomic E-state index is 0.682. The maximum atomic E-state index is 2.51. The van der Waals surface area contributed by atoms with Crippen LogP contribution in [0.25, 0.3) is 0 Å². The van der Waals surface area contributed by atoms with Crippen LogP contribution < -0.4 is 0 Å². The van der Waals surface area contributed by atoms with Crippen LogP contribution in [-0.4, -0.2) is 0 Å². The van der Waals surface area contributed by atoms with Crippen molar-refractivity contribution < 1.29 is 0 Å². The van der Waals surface area contributed by atoms with Crippen molar-refractivity contribution in [1.82, 2.24) is 0 Å². The van der Waals surface area contributed by atoms with Gasteiger partial charge in [-0.1, -0.05) is 25.5 Å². The number of fused-ring (bicyclic) bond motifs is 2. The van der Waals surface area contributed by atoms with E-state index >= 15 is 0 Å². The first-order valence-electron chi connectivity index (χ1n) is 4.88. The molecule has 0 heterocycles. The van der Waals surface area contributed by atoms with Crippen LogP contribution >= 0.6 is 0 Å². The summed E-state index contributed by atoms with van der Waals surface area (Å²) in [7, 11) is 0. The van der Waals surface area contributed by atoms with Gasteiger partial charge in [-0.05, 0) is 43.4 Å². The Bertz CT molecular complexity index is 190. The first kappa shape index (κ1) is 7.39. The van der Waals surface area contributed by atoms with E-state index in [4.69, 9.17) is 0 Å². The van der Waals surface area contributed by atoms with Crippen molar-refractivity contribution >= 4 is 0 Å². The van der Waals surface area contributed by atoms with E-state index in [1.54, 1.807) is 5.57 Å². The average Bonchev–Trinajstić information content (AvgIpc) is 1.82. The van der Waals surface area contributed by atoms with E-state index in [-0.39, 0.29) is 0 Å². The molecule has 2 aliphatic carbocycles. The third-order valence-corrected chi connectivity index (χ3v) is 3.27. The van der Waals surface area contributed by atoms with Gasteiger partial charge in [0.2, 0.25) is 0 Å². The lowest BCUT2D eigenvalue weighted by Crippen LogP contribution is -2.27. The third-order valence-electron chi connectivity index (χ3n) is 3.27. The fraction of sp³-hybridized carbons (Fsp3) is 0.818. The van der Waals surface area contributed by atoms with E-state index in [1.807, 2.05) is 0 Å². The fourth-order valence-electron chi connectivity index (χ4n) is 3.02. The monoisotopic (exact) mass is 150 g/mol. The second-order valence-electron chi connectivity index (χ2n) is 4.85. The van der Waals surface area contributed by atoms with Crippen molar-refractivity contribution in [3.05, 3.63) is 11.6 Å². The van der Waals surface area contributed by atoms with E-state index in [1.165, 1.54) is 32.1 Å². The molecule has 2 unspecified atom stereocenters. The van der Waals surface area contributed by atoms with Crippen LogP contribution in [0, 0.1) is 11.3 Å². The Morgan fingerprint density at radius 1 is 1.55 bits per heavy atom. The van der Waals surface area contributed by atoms with Crippen LogP contribution in [-0.2, 0) is 0 Å². The van der Waals surface area contributed by atoms with E-state index in [0.29, 0.717) is 5.41 Å². The van der Waals surface area contributed by atoms with Crippen LogP contribution in [0.5, 0.6) is 0 Å². The van der Waals surface area contributed by atoms with Crippen molar-refractivity contribution in [3.63, 3.8) is 0 Å². The van der Waals surface area contributed by atoms with Gasteiger partial charge in [-0.3, -0.25) is 0 Å². The summed E-state index contributed by atoms with van der Waals surface area (Å²) in [5.41, 5.74) is 2.43. The Kier molecular flexibility index (Phi) is 1.59. The summed E-state index contributed by atoms with van der Waals surface area (Å²) in [6.07, 6.45) is 9.64. The highest BCUT2D eigenvalue weighted by atomic mass is 14.4. The number of rotatable bonds is 0. The van der Waals surface area contributed by atoms with Crippen molar-refractivity contribution in [2.24, 2.45) is 11.3 Å². The molecule has 0 aliphatic heterocycles. The maximum absolute atomic E-state index is 2.51. The van der Waals surface area contributed by atoms with Crippen LogP contribution in [0.1, 0.15) is 46.0 Å². The Morgan fingerprint density at radius 3 is 3.09 bits per heavy atom. The van der Waals surface area contributed by atoms with Gasteiger partial charge < -0.3 is 0 Å². The molecule has 0 N–H and O–H groups in total. The Morgan fingerprint density at radius 2 is 2.36 bits per heavy atom. The predicted molar refractivity (Wildman–Crippen MR) is 48.4 cm³/mol. The van der Waals surface area contributed by atoms with Crippen LogP contribution in [0.4, 0.5) is 0 Å². The number of hydrogen-bond donors (Lipinski definition) is 0. The molecule has 2 aliphatic rings. The summed E-state index contributed by atoms with van der Waals surface area (Å²) in [5.74, 6) is 0.851. The van der Waals surface area contributed by atoms with E-state index in [0.717, 1.165) is 5.92 Å². The van der Waals surface area contributed by atoms with Gasteiger partial charge in [0.25, 0.3) is 0 Å². The second kappa shape index (κ2) is 2.36. The normalized spacial score (nSPS) is 43.5. The van der Waals surface area contributed by atoms with Crippen LogP contribution in [0.2, 0.25) is 0 Å². The van der Waals surface area contributed by atoms with Gasteiger partial charge in [0.15, 0.2) is 0 Å². The molecule has 0 spiro atoms. The first-order chi connectivity index (χ1) is 5.18. The fourth-order valence-corrected chi connectivity index (χ4v) is 3.02. The van der Waals surface area contributed by atoms with Gasteiger partial charge in [0.1, 0.15) is 0 Å². The predicted octanol–water partition coefficient (Wildman–Crippen LogP) is 3.53. The lowest BCUT2D eigenvalue weighted by Gasteiger charge is -2.40. The Hall–Kier alpha value is -0.260. The lowest BCUT2D eigenvalue weighted by atomic mass is 9.65. The summed E-state index contributed by atoms with van der Waals surface area (Å²) in [6, 6.07) is 0. The minimum atomic E-state index is 0.682. The molecule has 0 saturated heterocycles. The van der Waals surface area contributed by atoms with Gasteiger partial charge in [-0.2, -0.15) is 0 Å². The topological polar surface area (TPSA) is 0 Å². The molecule has 0 nitrogen and oxygen atoms in total. The van der Waals surface area contributed by atoms with Crippen molar-refractivity contribution in [3.8, 4) is 0 Å². The molecular weight excluding hydrogens is 132 g/mol. The highest BCUT2D eigenvalue weighted by Crippen LogP contribution is 2.47. The molecule has 62 valence electrons. The summed E-state index contributed by atoms with van der Waals surface area (Å²) in [6.45, 7) is 4.83.